The van der Waals surface area contributed by atoms with E-state index in [4.69, 9.17) is 0 Å². The van der Waals surface area contributed by atoms with Gasteiger partial charge in [-0.2, -0.15) is 18.3 Å². The molecule has 8 heteroatoms. The fourth-order valence-corrected chi connectivity index (χ4v) is 3.58. The van der Waals surface area contributed by atoms with Crippen LogP contribution in [-0.4, -0.2) is 33.7 Å². The first-order valence-electron chi connectivity index (χ1n) is 8.98. The number of rotatable bonds is 3. The summed E-state index contributed by atoms with van der Waals surface area (Å²) < 4.78 is 55.7. The number of hydrogen-bond acceptors (Lipinski definition) is 2. The third-order valence-electron chi connectivity index (χ3n) is 5.04. The maximum Gasteiger partial charge on any atom is 0.434 e. The van der Waals surface area contributed by atoms with Crippen molar-refractivity contribution in [3.63, 3.8) is 0 Å². The maximum atomic E-state index is 14.0. The SMILES string of the molecule is CN(C(=O)c1cnn(-c2ccccc2F)c1C(F)(F)F)C1CCCCCC1. The van der Waals surface area contributed by atoms with E-state index in [1.807, 2.05) is 0 Å². The van der Waals surface area contributed by atoms with Gasteiger partial charge in [-0.3, -0.25) is 4.79 Å². The minimum absolute atomic E-state index is 0.0992. The summed E-state index contributed by atoms with van der Waals surface area (Å²) in [4.78, 5) is 14.2. The van der Waals surface area contributed by atoms with Crippen molar-refractivity contribution in [2.24, 2.45) is 0 Å². The van der Waals surface area contributed by atoms with Crippen molar-refractivity contribution in [2.45, 2.75) is 50.7 Å². The monoisotopic (exact) mass is 383 g/mol. The van der Waals surface area contributed by atoms with Crippen LogP contribution in [0, 0.1) is 5.82 Å². The Hall–Kier alpha value is -2.38. The number of aromatic nitrogens is 2. The van der Waals surface area contributed by atoms with Gasteiger partial charge in [0.1, 0.15) is 11.5 Å². The number of alkyl halides is 3. The number of para-hydroxylation sites is 1. The molecule has 0 saturated heterocycles. The third-order valence-corrected chi connectivity index (χ3v) is 5.04. The van der Waals surface area contributed by atoms with Crippen molar-refractivity contribution in [1.29, 1.82) is 0 Å². The molecule has 2 aromatic rings. The predicted molar refractivity (Wildman–Crippen MR) is 92.1 cm³/mol. The zero-order valence-electron chi connectivity index (χ0n) is 15.0. The van der Waals surface area contributed by atoms with E-state index in [1.165, 1.54) is 30.1 Å². The van der Waals surface area contributed by atoms with E-state index in [0.29, 0.717) is 4.68 Å². The highest BCUT2D eigenvalue weighted by Gasteiger charge is 2.42. The summed E-state index contributed by atoms with van der Waals surface area (Å²) in [6.45, 7) is 0. The Morgan fingerprint density at radius 3 is 2.37 bits per heavy atom. The standard InChI is InChI=1S/C19H21F4N3O/c1-25(13-8-4-2-3-5-9-13)18(27)14-12-24-26(17(14)19(21,22)23)16-11-7-6-10-15(16)20/h6-7,10-13H,2-5,8-9H2,1H3. The highest BCUT2D eigenvalue weighted by atomic mass is 19.4. The Bertz CT molecular complexity index is 808. The van der Waals surface area contributed by atoms with Crippen molar-refractivity contribution in [3.05, 3.63) is 47.5 Å². The van der Waals surface area contributed by atoms with Gasteiger partial charge in [0.15, 0.2) is 5.69 Å². The molecule has 1 saturated carbocycles. The largest absolute Gasteiger partial charge is 0.434 e. The maximum absolute atomic E-state index is 14.0. The smallest absolute Gasteiger partial charge is 0.339 e. The first-order valence-corrected chi connectivity index (χ1v) is 8.98. The summed E-state index contributed by atoms with van der Waals surface area (Å²) in [6, 6.07) is 4.94. The molecule has 1 heterocycles. The van der Waals surface area contributed by atoms with Crippen molar-refractivity contribution in [1.82, 2.24) is 14.7 Å². The summed E-state index contributed by atoms with van der Waals surface area (Å²) >= 11 is 0. The lowest BCUT2D eigenvalue weighted by Gasteiger charge is -2.27. The average Bonchev–Trinajstić information content (AvgIpc) is 2.89. The highest BCUT2D eigenvalue weighted by Crippen LogP contribution is 2.35. The van der Waals surface area contributed by atoms with Gasteiger partial charge < -0.3 is 4.90 Å². The predicted octanol–water partition coefficient (Wildman–Crippen LogP) is 4.83. The molecular formula is C19H21F4N3O. The van der Waals surface area contributed by atoms with Gasteiger partial charge in [0.05, 0.1) is 11.8 Å². The minimum atomic E-state index is -4.85. The molecule has 146 valence electrons. The average molecular weight is 383 g/mol. The van der Waals surface area contributed by atoms with Crippen LogP contribution in [0.15, 0.2) is 30.5 Å². The Morgan fingerprint density at radius 1 is 1.15 bits per heavy atom. The Morgan fingerprint density at radius 2 is 1.78 bits per heavy atom. The second kappa shape index (κ2) is 7.70. The van der Waals surface area contributed by atoms with E-state index >= 15 is 0 Å². The van der Waals surface area contributed by atoms with E-state index in [0.717, 1.165) is 50.8 Å². The molecular weight excluding hydrogens is 362 g/mol. The second-order valence-corrected chi connectivity index (χ2v) is 6.83. The molecule has 0 aliphatic heterocycles. The van der Waals surface area contributed by atoms with Crippen LogP contribution in [0.3, 0.4) is 0 Å². The van der Waals surface area contributed by atoms with Crippen molar-refractivity contribution in [3.8, 4) is 5.69 Å². The van der Waals surface area contributed by atoms with Gasteiger partial charge in [0.25, 0.3) is 5.91 Å². The van der Waals surface area contributed by atoms with Gasteiger partial charge in [-0.1, -0.05) is 37.8 Å². The molecule has 0 unspecified atom stereocenters. The van der Waals surface area contributed by atoms with Crippen LogP contribution < -0.4 is 0 Å². The molecule has 0 bridgehead atoms. The Labute approximate surface area is 154 Å². The van der Waals surface area contributed by atoms with Gasteiger partial charge in [0.2, 0.25) is 0 Å². The van der Waals surface area contributed by atoms with Crippen molar-refractivity contribution < 1.29 is 22.4 Å². The molecule has 0 spiro atoms. The molecule has 1 aliphatic carbocycles. The molecule has 0 N–H and O–H groups in total. The molecule has 3 rings (SSSR count). The van der Waals surface area contributed by atoms with E-state index in [1.54, 1.807) is 0 Å². The molecule has 27 heavy (non-hydrogen) atoms. The van der Waals surface area contributed by atoms with E-state index < -0.39 is 29.2 Å². The first-order chi connectivity index (χ1) is 12.8. The number of benzene rings is 1. The van der Waals surface area contributed by atoms with Crippen LogP contribution in [-0.2, 0) is 6.18 Å². The lowest BCUT2D eigenvalue weighted by atomic mass is 10.1. The fourth-order valence-electron chi connectivity index (χ4n) is 3.58. The zero-order chi connectivity index (χ0) is 19.6. The summed E-state index contributed by atoms with van der Waals surface area (Å²) in [7, 11) is 1.53. The second-order valence-electron chi connectivity index (χ2n) is 6.83. The van der Waals surface area contributed by atoms with Crippen molar-refractivity contribution >= 4 is 5.91 Å². The summed E-state index contributed by atoms with van der Waals surface area (Å²) in [5.74, 6) is -1.58. The Kier molecular flexibility index (Phi) is 5.53. The third kappa shape index (κ3) is 3.99. The van der Waals surface area contributed by atoms with Crippen LogP contribution in [0.1, 0.15) is 54.6 Å². The van der Waals surface area contributed by atoms with Gasteiger partial charge in [-0.25, -0.2) is 9.07 Å². The first kappa shape index (κ1) is 19.4. The number of amides is 1. The number of nitrogens with zero attached hydrogens (tertiary/aromatic N) is 3. The number of hydrogen-bond donors (Lipinski definition) is 0. The topological polar surface area (TPSA) is 38.1 Å². The molecule has 4 nitrogen and oxygen atoms in total. The van der Waals surface area contributed by atoms with Gasteiger partial charge in [0, 0.05) is 13.1 Å². The summed E-state index contributed by atoms with van der Waals surface area (Å²) in [6.07, 6.45) is 1.59. The lowest BCUT2D eigenvalue weighted by Crippen LogP contribution is -2.37. The summed E-state index contributed by atoms with van der Waals surface area (Å²) in [5.41, 5.74) is -2.16. The minimum Gasteiger partial charge on any atom is -0.339 e. The normalized spacial score (nSPS) is 16.2. The van der Waals surface area contributed by atoms with Gasteiger partial charge in [-0.15, -0.1) is 0 Å². The molecule has 0 atom stereocenters. The zero-order valence-corrected chi connectivity index (χ0v) is 15.0. The van der Waals surface area contributed by atoms with Gasteiger partial charge >= 0.3 is 6.18 Å². The van der Waals surface area contributed by atoms with E-state index in [2.05, 4.69) is 5.10 Å². The molecule has 1 amide bonds. The van der Waals surface area contributed by atoms with Crippen LogP contribution in [0.25, 0.3) is 5.69 Å². The molecule has 1 aliphatic rings. The highest BCUT2D eigenvalue weighted by molar-refractivity contribution is 5.95. The molecule has 1 aromatic carbocycles. The quantitative estimate of drug-likeness (QED) is 0.563. The van der Waals surface area contributed by atoms with Crippen molar-refractivity contribution in [2.75, 3.05) is 7.05 Å². The van der Waals surface area contributed by atoms with E-state index in [9.17, 15) is 22.4 Å². The van der Waals surface area contributed by atoms with Crippen LogP contribution in [0.5, 0.6) is 0 Å². The Balaban J connectivity index is 2.00. The van der Waals surface area contributed by atoms with Crippen LogP contribution in [0.4, 0.5) is 17.6 Å². The summed E-state index contributed by atoms with van der Waals surface area (Å²) in [5, 5.41) is 3.69. The van der Waals surface area contributed by atoms with E-state index in [-0.39, 0.29) is 11.7 Å². The number of carbonyl (C=O) groups is 1. The number of carbonyl (C=O) groups excluding carboxylic acids is 1. The molecule has 1 aromatic heterocycles. The lowest BCUT2D eigenvalue weighted by molar-refractivity contribution is -0.143. The fraction of sp³-hybridized carbons (Fsp3) is 0.474. The van der Waals surface area contributed by atoms with Crippen LogP contribution >= 0.6 is 0 Å². The van der Waals surface area contributed by atoms with Crippen LogP contribution in [0.2, 0.25) is 0 Å². The molecule has 1 fully saturated rings. The molecule has 0 radical (unpaired) electrons. The number of halogens is 4. The van der Waals surface area contributed by atoms with Gasteiger partial charge in [-0.05, 0) is 25.0 Å².